The maximum atomic E-state index is 4.62. The van der Waals surface area contributed by atoms with Gasteiger partial charge in [-0.25, -0.2) is 9.97 Å². The van der Waals surface area contributed by atoms with Crippen LogP contribution >= 0.6 is 11.3 Å². The molecule has 2 aliphatic heterocycles. The van der Waals surface area contributed by atoms with Crippen LogP contribution in [0.3, 0.4) is 0 Å². The molecule has 24 heavy (non-hydrogen) atoms. The van der Waals surface area contributed by atoms with Crippen molar-refractivity contribution in [2.45, 2.75) is 51.1 Å². The Kier molecular flexibility index (Phi) is 3.47. The number of fused-ring (bicyclic) bond motifs is 2. The fourth-order valence-corrected chi connectivity index (χ4v) is 4.87. The zero-order chi connectivity index (χ0) is 15.9. The molecule has 5 heterocycles. The lowest BCUT2D eigenvalue weighted by Crippen LogP contribution is -2.26. The highest BCUT2D eigenvalue weighted by atomic mass is 32.1. The molecule has 0 N–H and O–H groups in total. The first-order valence-electron chi connectivity index (χ1n) is 8.78. The Morgan fingerprint density at radius 2 is 2.04 bits per heavy atom. The molecule has 1 fully saturated rings. The van der Waals surface area contributed by atoms with E-state index >= 15 is 0 Å². The van der Waals surface area contributed by atoms with Crippen molar-refractivity contribution >= 4 is 27.4 Å². The normalized spacial score (nSPS) is 21.2. The summed E-state index contributed by atoms with van der Waals surface area (Å²) in [5.74, 6) is 3.36. The van der Waals surface area contributed by atoms with Crippen LogP contribution in [0.1, 0.15) is 49.8 Å². The first-order valence-corrected chi connectivity index (χ1v) is 9.66. The van der Waals surface area contributed by atoms with E-state index in [-0.39, 0.29) is 6.04 Å². The highest BCUT2D eigenvalue weighted by Gasteiger charge is 2.33. The largest absolute Gasteiger partial charge is 0.345 e. The number of hydrogen-bond donors (Lipinski definition) is 0. The summed E-state index contributed by atoms with van der Waals surface area (Å²) < 4.78 is 3.56. The Morgan fingerprint density at radius 1 is 1.04 bits per heavy atom. The highest BCUT2D eigenvalue weighted by molar-refractivity contribution is 7.17. The maximum absolute atomic E-state index is 4.62. The van der Waals surface area contributed by atoms with Crippen molar-refractivity contribution in [1.82, 2.24) is 24.7 Å². The molecule has 0 radical (unpaired) electrons. The van der Waals surface area contributed by atoms with Crippen molar-refractivity contribution in [3.8, 4) is 0 Å². The highest BCUT2D eigenvalue weighted by Crippen LogP contribution is 2.39. The van der Waals surface area contributed by atoms with Crippen LogP contribution in [0.25, 0.3) is 10.2 Å². The summed E-state index contributed by atoms with van der Waals surface area (Å²) in [7, 11) is 0. The molecule has 2 aliphatic rings. The molecule has 5 rings (SSSR count). The number of aromatic nitrogens is 5. The van der Waals surface area contributed by atoms with Gasteiger partial charge in [-0.15, -0.1) is 21.5 Å². The second-order valence-electron chi connectivity index (χ2n) is 6.62. The molecule has 7 heteroatoms. The number of anilines is 1. The molecule has 0 spiro atoms. The molecule has 0 saturated carbocycles. The predicted octanol–water partition coefficient (Wildman–Crippen LogP) is 3.35. The van der Waals surface area contributed by atoms with E-state index in [1.807, 2.05) is 0 Å². The molecule has 124 valence electrons. The van der Waals surface area contributed by atoms with Gasteiger partial charge in [-0.2, -0.15) is 0 Å². The topological polar surface area (TPSA) is 59.7 Å². The van der Waals surface area contributed by atoms with Gasteiger partial charge in [0.1, 0.15) is 12.2 Å². The molecule has 1 saturated heterocycles. The van der Waals surface area contributed by atoms with Crippen LogP contribution in [0, 0.1) is 0 Å². The third-order valence-corrected chi connectivity index (χ3v) is 6.08. The number of rotatable bonds is 2. The molecular formula is C17H20N6S. The van der Waals surface area contributed by atoms with Gasteiger partial charge in [-0.05, 0) is 37.1 Å². The van der Waals surface area contributed by atoms with Crippen LogP contribution in [0.4, 0.5) is 5.82 Å². The first kappa shape index (κ1) is 14.3. The van der Waals surface area contributed by atoms with E-state index in [9.17, 15) is 0 Å². The molecule has 3 aromatic rings. The number of nitrogens with zero attached hydrogens (tertiary/aromatic N) is 6. The minimum absolute atomic E-state index is 0.282. The monoisotopic (exact) mass is 340 g/mol. The van der Waals surface area contributed by atoms with Gasteiger partial charge in [-0.3, -0.25) is 0 Å². The molecule has 6 nitrogen and oxygen atoms in total. The Balaban J connectivity index is 1.57. The average Bonchev–Trinajstić information content (AvgIpc) is 3.31. The number of hydrogen-bond acceptors (Lipinski definition) is 6. The van der Waals surface area contributed by atoms with E-state index in [0.717, 1.165) is 43.1 Å². The van der Waals surface area contributed by atoms with Crippen LogP contribution in [-0.4, -0.2) is 31.3 Å². The first-order chi connectivity index (χ1) is 11.9. The standard InChI is InChI=1S/C17H20N6S/c1-2-6-14-20-21-16(23(14)8-3-1)13-5-4-9-22(13)17-15-12(7-10-24-15)18-11-19-17/h7,10-11,13H,1-6,8-9H2/t13-/m0/s1. The summed E-state index contributed by atoms with van der Waals surface area (Å²) in [6.07, 6.45) is 8.78. The van der Waals surface area contributed by atoms with Crippen LogP contribution in [-0.2, 0) is 13.0 Å². The lowest BCUT2D eigenvalue weighted by atomic mass is 10.2. The van der Waals surface area contributed by atoms with E-state index in [2.05, 4.69) is 41.1 Å². The van der Waals surface area contributed by atoms with Gasteiger partial charge in [0.25, 0.3) is 0 Å². The second kappa shape index (κ2) is 5.81. The minimum atomic E-state index is 0.282. The van der Waals surface area contributed by atoms with Crippen molar-refractivity contribution in [2.75, 3.05) is 11.4 Å². The van der Waals surface area contributed by atoms with Gasteiger partial charge in [0.2, 0.25) is 0 Å². The van der Waals surface area contributed by atoms with Crippen LogP contribution in [0.5, 0.6) is 0 Å². The minimum Gasteiger partial charge on any atom is -0.345 e. The number of thiophene rings is 1. The molecule has 0 amide bonds. The molecule has 0 aliphatic carbocycles. The van der Waals surface area contributed by atoms with Crippen LogP contribution < -0.4 is 4.90 Å². The molecule has 3 aromatic heterocycles. The van der Waals surface area contributed by atoms with Crippen LogP contribution in [0.2, 0.25) is 0 Å². The van der Waals surface area contributed by atoms with Gasteiger partial charge in [0, 0.05) is 19.5 Å². The Bertz CT molecular complexity index is 869. The Labute approximate surface area is 144 Å². The Hall–Kier alpha value is -2.02. The molecule has 1 atom stereocenters. The smallest absolute Gasteiger partial charge is 0.155 e. The maximum Gasteiger partial charge on any atom is 0.155 e. The molecule has 0 aromatic carbocycles. The third-order valence-electron chi connectivity index (χ3n) is 5.19. The van der Waals surface area contributed by atoms with E-state index in [1.54, 1.807) is 17.7 Å². The number of aryl methyl sites for hydroxylation is 1. The molecule has 0 unspecified atom stereocenters. The zero-order valence-electron chi connectivity index (χ0n) is 13.6. The summed E-state index contributed by atoms with van der Waals surface area (Å²) in [6.45, 7) is 2.08. The van der Waals surface area contributed by atoms with E-state index in [1.165, 1.54) is 36.2 Å². The summed E-state index contributed by atoms with van der Waals surface area (Å²) in [5.41, 5.74) is 1.04. The van der Waals surface area contributed by atoms with Gasteiger partial charge >= 0.3 is 0 Å². The molecular weight excluding hydrogens is 320 g/mol. The van der Waals surface area contributed by atoms with Gasteiger partial charge in [0.15, 0.2) is 11.6 Å². The predicted molar refractivity (Wildman–Crippen MR) is 94.3 cm³/mol. The Morgan fingerprint density at radius 3 is 3.04 bits per heavy atom. The summed E-state index contributed by atoms with van der Waals surface area (Å²) in [5, 5.41) is 11.2. The SMILES string of the molecule is c1nc(N2CCC[C@H]2c2nnc3n2CCCCC3)c2sccc2n1. The van der Waals surface area contributed by atoms with Crippen molar-refractivity contribution in [1.29, 1.82) is 0 Å². The van der Waals surface area contributed by atoms with Crippen molar-refractivity contribution < 1.29 is 0 Å². The second-order valence-corrected chi connectivity index (χ2v) is 7.54. The lowest BCUT2D eigenvalue weighted by molar-refractivity contribution is 0.558. The van der Waals surface area contributed by atoms with Crippen LogP contribution in [0.15, 0.2) is 17.8 Å². The lowest BCUT2D eigenvalue weighted by Gasteiger charge is -2.25. The summed E-state index contributed by atoms with van der Waals surface area (Å²) in [4.78, 5) is 11.4. The zero-order valence-corrected chi connectivity index (χ0v) is 14.4. The summed E-state index contributed by atoms with van der Waals surface area (Å²) in [6, 6.07) is 2.35. The van der Waals surface area contributed by atoms with E-state index in [4.69, 9.17) is 0 Å². The quantitative estimate of drug-likeness (QED) is 0.716. The fourth-order valence-electron chi connectivity index (χ4n) is 4.02. The van der Waals surface area contributed by atoms with Gasteiger partial charge in [0.05, 0.1) is 16.3 Å². The van der Waals surface area contributed by atoms with Gasteiger partial charge < -0.3 is 9.47 Å². The van der Waals surface area contributed by atoms with Crippen molar-refractivity contribution in [3.05, 3.63) is 29.4 Å². The third kappa shape index (κ3) is 2.22. The van der Waals surface area contributed by atoms with Gasteiger partial charge in [-0.1, -0.05) is 6.42 Å². The van der Waals surface area contributed by atoms with E-state index < -0.39 is 0 Å². The summed E-state index contributed by atoms with van der Waals surface area (Å²) >= 11 is 1.72. The average molecular weight is 340 g/mol. The van der Waals surface area contributed by atoms with Crippen molar-refractivity contribution in [2.24, 2.45) is 0 Å². The molecule has 0 bridgehead atoms. The fraction of sp³-hybridized carbons (Fsp3) is 0.529. The van der Waals surface area contributed by atoms with E-state index in [0.29, 0.717) is 0 Å². The van der Waals surface area contributed by atoms with Crippen molar-refractivity contribution in [3.63, 3.8) is 0 Å².